The Balaban J connectivity index is 2.03. The van der Waals surface area contributed by atoms with Crippen molar-refractivity contribution < 1.29 is 9.53 Å². The topological polar surface area (TPSA) is 44.1 Å². The summed E-state index contributed by atoms with van der Waals surface area (Å²) in [6, 6.07) is 10.0. The highest BCUT2D eigenvalue weighted by Crippen LogP contribution is 2.10. The van der Waals surface area contributed by atoms with E-state index in [-0.39, 0.29) is 5.97 Å². The van der Waals surface area contributed by atoms with Crippen LogP contribution in [0.15, 0.2) is 36.5 Å². The maximum atomic E-state index is 11.9. The van der Waals surface area contributed by atoms with Crippen LogP contribution in [0.25, 0.3) is 0 Å². The summed E-state index contributed by atoms with van der Waals surface area (Å²) >= 11 is 0. The minimum atomic E-state index is -0.282. The maximum Gasteiger partial charge on any atom is 0.341 e. The van der Waals surface area contributed by atoms with Gasteiger partial charge in [0.05, 0.1) is 18.8 Å². The van der Waals surface area contributed by atoms with Crippen molar-refractivity contribution >= 4 is 5.97 Å². The largest absolute Gasteiger partial charge is 0.462 e. The highest BCUT2D eigenvalue weighted by Gasteiger charge is 2.14. The Labute approximate surface area is 119 Å². The maximum absolute atomic E-state index is 11.9. The van der Waals surface area contributed by atoms with Crippen LogP contribution in [-0.2, 0) is 11.3 Å². The lowest BCUT2D eigenvalue weighted by molar-refractivity contribution is 0.0499. The van der Waals surface area contributed by atoms with Crippen molar-refractivity contribution in [1.29, 1.82) is 0 Å². The number of carbonyl (C=O) groups is 1. The summed E-state index contributed by atoms with van der Waals surface area (Å²) in [6.07, 6.45) is 3.67. The van der Waals surface area contributed by atoms with Crippen molar-refractivity contribution in [3.8, 4) is 0 Å². The molecule has 0 bridgehead atoms. The Bertz CT molecular complexity index is 561. The van der Waals surface area contributed by atoms with Crippen molar-refractivity contribution in [2.75, 3.05) is 6.61 Å². The standard InChI is InChI=1S/C16H20N2O2/c1-3-4-10-20-16(19)15-12-18(17-13(15)2)11-14-8-6-5-7-9-14/h5-9,12H,3-4,10-11H2,1-2H3. The van der Waals surface area contributed by atoms with Crippen LogP contribution < -0.4 is 0 Å². The van der Waals surface area contributed by atoms with E-state index < -0.39 is 0 Å². The highest BCUT2D eigenvalue weighted by atomic mass is 16.5. The summed E-state index contributed by atoms with van der Waals surface area (Å²) in [5, 5.41) is 4.37. The zero-order valence-corrected chi connectivity index (χ0v) is 12.0. The van der Waals surface area contributed by atoms with Crippen molar-refractivity contribution in [1.82, 2.24) is 9.78 Å². The molecule has 0 fully saturated rings. The highest BCUT2D eigenvalue weighted by molar-refractivity contribution is 5.90. The molecule has 0 saturated heterocycles. The van der Waals surface area contributed by atoms with Crippen LogP contribution >= 0.6 is 0 Å². The van der Waals surface area contributed by atoms with Crippen molar-refractivity contribution in [2.45, 2.75) is 33.2 Å². The number of nitrogens with zero attached hydrogens (tertiary/aromatic N) is 2. The zero-order valence-electron chi connectivity index (χ0n) is 12.0. The minimum Gasteiger partial charge on any atom is -0.462 e. The van der Waals surface area contributed by atoms with Gasteiger partial charge in [0, 0.05) is 6.20 Å². The number of unbranched alkanes of at least 4 members (excludes halogenated alkanes) is 1. The molecule has 4 nitrogen and oxygen atoms in total. The lowest BCUT2D eigenvalue weighted by Crippen LogP contribution is -2.06. The van der Waals surface area contributed by atoms with E-state index in [0.717, 1.165) is 18.4 Å². The second-order valence-corrected chi connectivity index (χ2v) is 4.80. The van der Waals surface area contributed by atoms with Gasteiger partial charge in [0.15, 0.2) is 0 Å². The van der Waals surface area contributed by atoms with Gasteiger partial charge in [-0.25, -0.2) is 4.79 Å². The first kappa shape index (κ1) is 14.3. The molecule has 0 aliphatic rings. The number of carbonyl (C=O) groups excluding carboxylic acids is 1. The number of hydrogen-bond donors (Lipinski definition) is 0. The third-order valence-corrected chi connectivity index (χ3v) is 3.08. The Morgan fingerprint density at radius 1 is 1.30 bits per heavy atom. The first-order valence-electron chi connectivity index (χ1n) is 6.95. The molecule has 0 aliphatic carbocycles. The fourth-order valence-corrected chi connectivity index (χ4v) is 1.96. The van der Waals surface area contributed by atoms with Crippen LogP contribution in [0.4, 0.5) is 0 Å². The average molecular weight is 272 g/mol. The Kier molecular flexibility index (Phi) is 4.93. The molecule has 2 aromatic rings. The van der Waals surface area contributed by atoms with Crippen LogP contribution in [0, 0.1) is 6.92 Å². The Hall–Kier alpha value is -2.10. The Morgan fingerprint density at radius 3 is 2.75 bits per heavy atom. The van der Waals surface area contributed by atoms with Gasteiger partial charge in [-0.15, -0.1) is 0 Å². The summed E-state index contributed by atoms with van der Waals surface area (Å²) in [6.45, 7) is 5.03. The van der Waals surface area contributed by atoms with Gasteiger partial charge < -0.3 is 4.74 Å². The molecule has 0 atom stereocenters. The number of rotatable bonds is 6. The van der Waals surface area contributed by atoms with Crippen LogP contribution in [0.2, 0.25) is 0 Å². The summed E-state index contributed by atoms with van der Waals surface area (Å²) in [5.74, 6) is -0.282. The van der Waals surface area contributed by atoms with E-state index in [1.54, 1.807) is 10.9 Å². The minimum absolute atomic E-state index is 0.282. The molecule has 20 heavy (non-hydrogen) atoms. The molecule has 1 aromatic heterocycles. The first-order valence-corrected chi connectivity index (χ1v) is 6.95. The van der Waals surface area contributed by atoms with E-state index >= 15 is 0 Å². The molecule has 106 valence electrons. The predicted octanol–water partition coefficient (Wildman–Crippen LogP) is 3.20. The van der Waals surface area contributed by atoms with Crippen LogP contribution in [-0.4, -0.2) is 22.4 Å². The molecule has 4 heteroatoms. The second-order valence-electron chi connectivity index (χ2n) is 4.80. The summed E-state index contributed by atoms with van der Waals surface area (Å²) in [7, 11) is 0. The summed E-state index contributed by atoms with van der Waals surface area (Å²) in [5.41, 5.74) is 2.42. The van der Waals surface area contributed by atoms with Crippen molar-refractivity contribution in [2.24, 2.45) is 0 Å². The summed E-state index contributed by atoms with van der Waals surface area (Å²) < 4.78 is 7.00. The van der Waals surface area contributed by atoms with Gasteiger partial charge in [-0.2, -0.15) is 5.10 Å². The number of benzene rings is 1. The molecule has 1 heterocycles. The monoisotopic (exact) mass is 272 g/mol. The molecule has 1 aromatic carbocycles. The van der Waals surface area contributed by atoms with E-state index in [2.05, 4.69) is 12.0 Å². The molecular formula is C16H20N2O2. The molecule has 0 N–H and O–H groups in total. The third kappa shape index (κ3) is 3.70. The molecule has 0 spiro atoms. The smallest absolute Gasteiger partial charge is 0.341 e. The molecule has 0 aliphatic heterocycles. The fourth-order valence-electron chi connectivity index (χ4n) is 1.96. The normalized spacial score (nSPS) is 10.5. The molecule has 0 unspecified atom stereocenters. The fraction of sp³-hybridized carbons (Fsp3) is 0.375. The predicted molar refractivity (Wildman–Crippen MR) is 77.7 cm³/mol. The zero-order chi connectivity index (χ0) is 14.4. The number of aryl methyl sites for hydroxylation is 1. The van der Waals surface area contributed by atoms with Gasteiger partial charge in [0.25, 0.3) is 0 Å². The van der Waals surface area contributed by atoms with Gasteiger partial charge in [-0.1, -0.05) is 43.7 Å². The van der Waals surface area contributed by atoms with E-state index in [1.807, 2.05) is 37.3 Å². The van der Waals surface area contributed by atoms with Crippen molar-refractivity contribution in [3.05, 3.63) is 53.3 Å². The second kappa shape index (κ2) is 6.89. The van der Waals surface area contributed by atoms with E-state index in [1.165, 1.54) is 0 Å². The lowest BCUT2D eigenvalue weighted by atomic mass is 10.2. The van der Waals surface area contributed by atoms with Gasteiger partial charge in [0.1, 0.15) is 5.56 Å². The number of aromatic nitrogens is 2. The molecule has 0 amide bonds. The quantitative estimate of drug-likeness (QED) is 0.599. The number of ether oxygens (including phenoxy) is 1. The van der Waals surface area contributed by atoms with E-state index in [0.29, 0.717) is 24.4 Å². The average Bonchev–Trinajstić information content (AvgIpc) is 2.81. The van der Waals surface area contributed by atoms with Crippen molar-refractivity contribution in [3.63, 3.8) is 0 Å². The van der Waals surface area contributed by atoms with Gasteiger partial charge in [-0.05, 0) is 18.9 Å². The third-order valence-electron chi connectivity index (χ3n) is 3.08. The summed E-state index contributed by atoms with van der Waals surface area (Å²) in [4.78, 5) is 11.9. The molecule has 0 radical (unpaired) electrons. The van der Waals surface area contributed by atoms with Crippen LogP contribution in [0.5, 0.6) is 0 Å². The lowest BCUT2D eigenvalue weighted by Gasteiger charge is -2.02. The van der Waals surface area contributed by atoms with Crippen LogP contribution in [0.3, 0.4) is 0 Å². The number of hydrogen-bond acceptors (Lipinski definition) is 3. The molecule has 2 rings (SSSR count). The Morgan fingerprint density at radius 2 is 2.05 bits per heavy atom. The molecule has 0 saturated carbocycles. The molecular weight excluding hydrogens is 252 g/mol. The van der Waals surface area contributed by atoms with E-state index in [4.69, 9.17) is 4.74 Å². The van der Waals surface area contributed by atoms with Gasteiger partial charge in [0.2, 0.25) is 0 Å². The van der Waals surface area contributed by atoms with Gasteiger partial charge in [-0.3, -0.25) is 4.68 Å². The SMILES string of the molecule is CCCCOC(=O)c1cn(Cc2ccccc2)nc1C. The van der Waals surface area contributed by atoms with Crippen LogP contribution in [0.1, 0.15) is 41.4 Å². The van der Waals surface area contributed by atoms with Gasteiger partial charge >= 0.3 is 5.97 Å². The first-order chi connectivity index (χ1) is 9.70. The number of esters is 1. The van der Waals surface area contributed by atoms with E-state index in [9.17, 15) is 4.79 Å².